The van der Waals surface area contributed by atoms with Crippen molar-refractivity contribution in [2.75, 3.05) is 13.2 Å². The maximum absolute atomic E-state index is 11.5. The van der Waals surface area contributed by atoms with Gasteiger partial charge < -0.3 is 9.47 Å². The topological polar surface area (TPSA) is 59.9 Å². The van der Waals surface area contributed by atoms with Crippen LogP contribution in [0.1, 0.15) is 52.5 Å². The molecule has 24 heavy (non-hydrogen) atoms. The van der Waals surface area contributed by atoms with E-state index < -0.39 is 0 Å². The highest BCUT2D eigenvalue weighted by Crippen LogP contribution is 2.36. The Balaban J connectivity index is 2.83. The van der Waals surface area contributed by atoms with Gasteiger partial charge in [-0.15, -0.1) is 0 Å². The lowest BCUT2D eigenvalue weighted by atomic mass is 10.2. The van der Waals surface area contributed by atoms with Crippen molar-refractivity contribution in [3.63, 3.8) is 0 Å². The van der Waals surface area contributed by atoms with E-state index in [1.807, 2.05) is 13.8 Å². The number of hydrogen-bond acceptors (Lipinski definition) is 4. The molecule has 0 radical (unpaired) electrons. The molecule has 0 aliphatic heterocycles. The van der Waals surface area contributed by atoms with Gasteiger partial charge in [-0.2, -0.15) is 5.10 Å². The van der Waals surface area contributed by atoms with Crippen molar-refractivity contribution < 1.29 is 14.3 Å². The number of carbonyl (C=O) groups excluding carboxylic acids is 1. The first kappa shape index (κ1) is 20.3. The van der Waals surface area contributed by atoms with Crippen LogP contribution in [-0.2, 0) is 4.79 Å². The van der Waals surface area contributed by atoms with Crippen LogP contribution >= 0.6 is 11.6 Å². The van der Waals surface area contributed by atoms with Crippen LogP contribution in [0.15, 0.2) is 17.2 Å². The van der Waals surface area contributed by atoms with E-state index in [0.29, 0.717) is 42.1 Å². The zero-order valence-electron chi connectivity index (χ0n) is 14.9. The summed E-state index contributed by atoms with van der Waals surface area (Å²) in [6.07, 6.45) is 3.84. The Morgan fingerprint density at radius 1 is 1.33 bits per heavy atom. The standard InChI is InChI=1S/C18H27ClN2O3/c1-5-7-8-17(22)21-20-11-14-9-15(19)18(24-12-13(3)4)16(10-14)23-6-2/h9-11,13H,5-8,12H2,1-4H3,(H,21,22)/b20-11+. The number of hydrogen-bond donors (Lipinski definition) is 1. The quantitative estimate of drug-likeness (QED) is 0.500. The van der Waals surface area contributed by atoms with Gasteiger partial charge in [0.05, 0.1) is 24.5 Å². The van der Waals surface area contributed by atoms with E-state index in [9.17, 15) is 4.79 Å². The van der Waals surface area contributed by atoms with Crippen LogP contribution in [0.5, 0.6) is 11.5 Å². The number of ether oxygens (including phenoxy) is 2. The molecule has 1 amide bonds. The van der Waals surface area contributed by atoms with E-state index in [1.54, 1.807) is 18.3 Å². The number of benzene rings is 1. The third kappa shape index (κ3) is 7.21. The third-order valence-electron chi connectivity index (χ3n) is 3.05. The molecule has 0 fully saturated rings. The molecule has 0 atom stereocenters. The van der Waals surface area contributed by atoms with Gasteiger partial charge in [0.1, 0.15) is 0 Å². The molecule has 0 heterocycles. The molecule has 0 aliphatic rings. The van der Waals surface area contributed by atoms with Gasteiger partial charge in [0.25, 0.3) is 0 Å². The Morgan fingerprint density at radius 3 is 2.71 bits per heavy atom. The molecule has 0 aliphatic carbocycles. The molecule has 5 nitrogen and oxygen atoms in total. The summed E-state index contributed by atoms with van der Waals surface area (Å²) in [6.45, 7) is 9.13. The van der Waals surface area contributed by atoms with E-state index in [2.05, 4.69) is 24.4 Å². The molecule has 0 saturated carbocycles. The number of rotatable bonds is 10. The van der Waals surface area contributed by atoms with Crippen LogP contribution in [0, 0.1) is 5.92 Å². The average molecular weight is 355 g/mol. The van der Waals surface area contributed by atoms with Gasteiger partial charge >= 0.3 is 0 Å². The Kier molecular flexibility index (Phi) is 9.23. The lowest BCUT2D eigenvalue weighted by Gasteiger charge is -2.15. The van der Waals surface area contributed by atoms with Crippen LogP contribution in [0.2, 0.25) is 5.02 Å². The average Bonchev–Trinajstić information content (AvgIpc) is 2.52. The lowest BCUT2D eigenvalue weighted by Crippen LogP contribution is -2.16. The molecular formula is C18H27ClN2O3. The molecule has 1 N–H and O–H groups in total. The lowest BCUT2D eigenvalue weighted by molar-refractivity contribution is -0.121. The van der Waals surface area contributed by atoms with Crippen molar-refractivity contribution in [3.8, 4) is 11.5 Å². The van der Waals surface area contributed by atoms with Crippen LogP contribution in [0.4, 0.5) is 0 Å². The first-order valence-electron chi connectivity index (χ1n) is 8.38. The van der Waals surface area contributed by atoms with Crippen molar-refractivity contribution in [1.82, 2.24) is 5.43 Å². The first-order chi connectivity index (χ1) is 11.5. The Hall–Kier alpha value is -1.75. The maximum atomic E-state index is 11.5. The fourth-order valence-corrected chi connectivity index (χ4v) is 2.16. The monoisotopic (exact) mass is 354 g/mol. The number of halogens is 1. The van der Waals surface area contributed by atoms with E-state index >= 15 is 0 Å². The number of nitrogens with zero attached hydrogens (tertiary/aromatic N) is 1. The number of nitrogens with one attached hydrogen (secondary N) is 1. The number of unbranched alkanes of at least 4 members (excludes halogenated alkanes) is 1. The van der Waals surface area contributed by atoms with Crippen LogP contribution in [0.25, 0.3) is 0 Å². The minimum Gasteiger partial charge on any atom is -0.490 e. The van der Waals surface area contributed by atoms with Crippen molar-refractivity contribution in [2.24, 2.45) is 11.0 Å². The predicted molar refractivity (Wildman–Crippen MR) is 98.2 cm³/mol. The molecule has 0 aromatic heterocycles. The highest BCUT2D eigenvalue weighted by Gasteiger charge is 2.13. The summed E-state index contributed by atoms with van der Waals surface area (Å²) in [6, 6.07) is 3.54. The van der Waals surface area contributed by atoms with Gasteiger partial charge in [-0.3, -0.25) is 4.79 Å². The first-order valence-corrected chi connectivity index (χ1v) is 8.76. The molecule has 0 spiro atoms. The summed E-state index contributed by atoms with van der Waals surface area (Å²) in [5, 5.41) is 4.42. The summed E-state index contributed by atoms with van der Waals surface area (Å²) in [4.78, 5) is 11.5. The smallest absolute Gasteiger partial charge is 0.240 e. The fraction of sp³-hybridized carbons (Fsp3) is 0.556. The molecule has 134 valence electrons. The SMILES string of the molecule is CCCCC(=O)N/N=C/c1cc(Cl)c(OCC(C)C)c(OCC)c1. The summed E-state index contributed by atoms with van der Waals surface area (Å²) >= 11 is 6.31. The highest BCUT2D eigenvalue weighted by atomic mass is 35.5. The van der Waals surface area contributed by atoms with Gasteiger partial charge in [-0.05, 0) is 37.0 Å². The Morgan fingerprint density at radius 2 is 2.08 bits per heavy atom. The van der Waals surface area contributed by atoms with E-state index in [4.69, 9.17) is 21.1 Å². The Labute approximate surface area is 149 Å². The minimum atomic E-state index is -0.0962. The third-order valence-corrected chi connectivity index (χ3v) is 3.33. The highest BCUT2D eigenvalue weighted by molar-refractivity contribution is 6.32. The second kappa shape index (κ2) is 10.9. The van der Waals surface area contributed by atoms with Gasteiger partial charge in [-0.1, -0.05) is 38.8 Å². The summed E-state index contributed by atoms with van der Waals surface area (Å²) in [5.41, 5.74) is 3.24. The largest absolute Gasteiger partial charge is 0.490 e. The van der Waals surface area contributed by atoms with Crippen LogP contribution in [-0.4, -0.2) is 25.3 Å². The summed E-state index contributed by atoms with van der Waals surface area (Å²) in [5.74, 6) is 1.40. The molecular weight excluding hydrogens is 328 g/mol. The normalized spacial score (nSPS) is 11.1. The van der Waals surface area contributed by atoms with E-state index in [-0.39, 0.29) is 5.91 Å². The van der Waals surface area contributed by atoms with Crippen molar-refractivity contribution >= 4 is 23.7 Å². The molecule has 1 rings (SSSR count). The predicted octanol–water partition coefficient (Wildman–Crippen LogP) is 4.41. The summed E-state index contributed by atoms with van der Waals surface area (Å²) in [7, 11) is 0. The zero-order chi connectivity index (χ0) is 17.9. The molecule has 1 aromatic rings. The molecule has 0 unspecified atom stereocenters. The number of amides is 1. The zero-order valence-corrected chi connectivity index (χ0v) is 15.7. The van der Waals surface area contributed by atoms with Gasteiger partial charge in [0, 0.05) is 6.42 Å². The Bertz CT molecular complexity index is 559. The maximum Gasteiger partial charge on any atom is 0.240 e. The fourth-order valence-electron chi connectivity index (χ4n) is 1.89. The van der Waals surface area contributed by atoms with E-state index in [1.165, 1.54) is 0 Å². The van der Waals surface area contributed by atoms with Crippen LogP contribution < -0.4 is 14.9 Å². The van der Waals surface area contributed by atoms with Gasteiger partial charge in [0.2, 0.25) is 5.91 Å². The molecule has 1 aromatic carbocycles. The van der Waals surface area contributed by atoms with Crippen LogP contribution in [0.3, 0.4) is 0 Å². The molecule has 6 heteroatoms. The second-order valence-electron chi connectivity index (χ2n) is 5.86. The summed E-state index contributed by atoms with van der Waals surface area (Å²) < 4.78 is 11.4. The van der Waals surface area contributed by atoms with Crippen molar-refractivity contribution in [2.45, 2.75) is 47.0 Å². The molecule has 0 bridgehead atoms. The second-order valence-corrected chi connectivity index (χ2v) is 6.27. The van der Waals surface area contributed by atoms with E-state index in [0.717, 1.165) is 18.4 Å². The van der Waals surface area contributed by atoms with Gasteiger partial charge in [0.15, 0.2) is 11.5 Å². The van der Waals surface area contributed by atoms with Crippen molar-refractivity contribution in [1.29, 1.82) is 0 Å². The minimum absolute atomic E-state index is 0.0962. The molecule has 0 saturated heterocycles. The number of hydrazone groups is 1. The van der Waals surface area contributed by atoms with Gasteiger partial charge in [-0.25, -0.2) is 5.43 Å². The number of carbonyl (C=O) groups is 1. The van der Waals surface area contributed by atoms with Crippen molar-refractivity contribution in [3.05, 3.63) is 22.7 Å².